The second-order valence-corrected chi connectivity index (χ2v) is 5.75. The summed E-state index contributed by atoms with van der Waals surface area (Å²) >= 11 is 0. The molecular formula is C17H20N2O3. The van der Waals surface area contributed by atoms with Crippen molar-refractivity contribution in [3.05, 3.63) is 30.5 Å². The van der Waals surface area contributed by atoms with Gasteiger partial charge >= 0.3 is 0 Å². The van der Waals surface area contributed by atoms with Gasteiger partial charge in [-0.25, -0.2) is 0 Å². The van der Waals surface area contributed by atoms with Crippen molar-refractivity contribution in [2.45, 2.75) is 25.4 Å². The van der Waals surface area contributed by atoms with Gasteiger partial charge in [0.15, 0.2) is 0 Å². The lowest BCUT2D eigenvalue weighted by molar-refractivity contribution is -0.138. The van der Waals surface area contributed by atoms with Gasteiger partial charge in [-0.1, -0.05) is 0 Å². The van der Waals surface area contributed by atoms with E-state index in [-0.39, 0.29) is 5.91 Å². The largest absolute Gasteiger partial charge is 0.494 e. The molecule has 22 heavy (non-hydrogen) atoms. The summed E-state index contributed by atoms with van der Waals surface area (Å²) in [4.78, 5) is 17.0. The minimum absolute atomic E-state index is 0.118. The SMILES string of the molecule is COc1ccc(NC(=O)[C@](C)(OC)C2CC2)c2cccnc12. The number of anilines is 1. The van der Waals surface area contributed by atoms with Gasteiger partial charge in [-0.3, -0.25) is 9.78 Å². The quantitative estimate of drug-likeness (QED) is 0.922. The monoisotopic (exact) mass is 300 g/mol. The first-order valence-corrected chi connectivity index (χ1v) is 7.38. The molecule has 1 aromatic heterocycles. The van der Waals surface area contributed by atoms with Crippen molar-refractivity contribution in [3.8, 4) is 5.75 Å². The highest BCUT2D eigenvalue weighted by atomic mass is 16.5. The highest BCUT2D eigenvalue weighted by molar-refractivity contribution is 6.05. The molecule has 5 nitrogen and oxygen atoms in total. The third-order valence-corrected chi connectivity index (χ3v) is 4.43. The topological polar surface area (TPSA) is 60.5 Å². The molecule has 0 saturated heterocycles. The van der Waals surface area contributed by atoms with Crippen molar-refractivity contribution in [2.75, 3.05) is 19.5 Å². The number of ether oxygens (including phenoxy) is 2. The molecule has 1 aromatic carbocycles. The maximum Gasteiger partial charge on any atom is 0.256 e. The van der Waals surface area contributed by atoms with Crippen LogP contribution in [-0.2, 0) is 9.53 Å². The lowest BCUT2D eigenvalue weighted by Gasteiger charge is -2.27. The average molecular weight is 300 g/mol. The van der Waals surface area contributed by atoms with Crippen molar-refractivity contribution in [1.82, 2.24) is 4.98 Å². The van der Waals surface area contributed by atoms with E-state index in [9.17, 15) is 4.79 Å². The van der Waals surface area contributed by atoms with Crippen molar-refractivity contribution in [3.63, 3.8) is 0 Å². The summed E-state index contributed by atoms with van der Waals surface area (Å²) in [6.07, 6.45) is 3.77. The Kier molecular flexibility index (Phi) is 3.74. The third kappa shape index (κ3) is 2.41. The highest BCUT2D eigenvalue weighted by Crippen LogP contribution is 2.42. The number of hydrogen-bond acceptors (Lipinski definition) is 4. The summed E-state index contributed by atoms with van der Waals surface area (Å²) in [6.45, 7) is 1.85. The predicted octanol–water partition coefficient (Wildman–Crippen LogP) is 3.00. The number of fused-ring (bicyclic) bond motifs is 1. The Labute approximate surface area is 129 Å². The second-order valence-electron chi connectivity index (χ2n) is 5.75. The fourth-order valence-corrected chi connectivity index (χ4v) is 2.75. The van der Waals surface area contributed by atoms with E-state index < -0.39 is 5.60 Å². The number of amides is 1. The van der Waals surface area contributed by atoms with Crippen molar-refractivity contribution in [1.29, 1.82) is 0 Å². The number of carbonyl (C=O) groups excluding carboxylic acids is 1. The maximum absolute atomic E-state index is 12.7. The summed E-state index contributed by atoms with van der Waals surface area (Å²) in [5, 5.41) is 3.84. The van der Waals surface area contributed by atoms with Gasteiger partial charge in [-0.15, -0.1) is 0 Å². The zero-order valence-corrected chi connectivity index (χ0v) is 13.1. The summed E-state index contributed by atoms with van der Waals surface area (Å²) in [5.74, 6) is 0.859. The van der Waals surface area contributed by atoms with Gasteiger partial charge in [0.05, 0.1) is 12.8 Å². The first-order chi connectivity index (χ1) is 10.6. The summed E-state index contributed by atoms with van der Waals surface area (Å²) in [6, 6.07) is 7.41. The minimum Gasteiger partial charge on any atom is -0.494 e. The first kappa shape index (κ1) is 14.8. The molecule has 3 rings (SSSR count). The van der Waals surface area contributed by atoms with Crippen LogP contribution in [0.3, 0.4) is 0 Å². The van der Waals surface area contributed by atoms with Gasteiger partial charge < -0.3 is 14.8 Å². The van der Waals surface area contributed by atoms with Crippen LogP contribution in [0.5, 0.6) is 5.75 Å². The molecule has 2 aromatic rings. The molecule has 1 atom stereocenters. The van der Waals surface area contributed by atoms with Gasteiger partial charge in [0, 0.05) is 18.7 Å². The molecule has 116 valence electrons. The zero-order valence-electron chi connectivity index (χ0n) is 13.1. The Morgan fingerprint density at radius 1 is 1.32 bits per heavy atom. The number of pyridine rings is 1. The lowest BCUT2D eigenvalue weighted by atomic mass is 9.98. The predicted molar refractivity (Wildman–Crippen MR) is 85.1 cm³/mol. The molecule has 1 aliphatic rings. The molecule has 0 radical (unpaired) electrons. The highest BCUT2D eigenvalue weighted by Gasteiger charge is 2.47. The second kappa shape index (κ2) is 5.57. The summed E-state index contributed by atoms with van der Waals surface area (Å²) < 4.78 is 10.8. The molecular weight excluding hydrogens is 280 g/mol. The molecule has 1 N–H and O–H groups in total. The molecule has 1 fully saturated rings. The van der Waals surface area contributed by atoms with Gasteiger partial charge in [0.1, 0.15) is 16.9 Å². The zero-order chi connectivity index (χ0) is 15.7. The maximum atomic E-state index is 12.7. The third-order valence-electron chi connectivity index (χ3n) is 4.43. The first-order valence-electron chi connectivity index (χ1n) is 7.38. The van der Waals surface area contributed by atoms with Gasteiger partial charge in [-0.05, 0) is 49.9 Å². The van der Waals surface area contributed by atoms with E-state index in [2.05, 4.69) is 10.3 Å². The van der Waals surface area contributed by atoms with E-state index in [1.54, 1.807) is 20.4 Å². The van der Waals surface area contributed by atoms with Crippen LogP contribution < -0.4 is 10.1 Å². The Balaban J connectivity index is 1.96. The number of hydrogen-bond donors (Lipinski definition) is 1. The molecule has 5 heteroatoms. The van der Waals surface area contributed by atoms with Crippen LogP contribution in [0.15, 0.2) is 30.5 Å². The van der Waals surface area contributed by atoms with Crippen LogP contribution in [0.2, 0.25) is 0 Å². The smallest absolute Gasteiger partial charge is 0.256 e. The van der Waals surface area contributed by atoms with Crippen molar-refractivity contribution >= 4 is 22.5 Å². The van der Waals surface area contributed by atoms with E-state index in [1.807, 2.05) is 31.2 Å². The molecule has 1 saturated carbocycles. The van der Waals surface area contributed by atoms with E-state index in [1.165, 1.54) is 0 Å². The molecule has 0 unspecified atom stereocenters. The van der Waals surface area contributed by atoms with Crippen LogP contribution in [-0.4, -0.2) is 30.7 Å². The molecule has 1 aliphatic carbocycles. The number of rotatable bonds is 5. The van der Waals surface area contributed by atoms with E-state index in [0.717, 1.165) is 29.4 Å². The number of benzene rings is 1. The van der Waals surface area contributed by atoms with E-state index >= 15 is 0 Å². The number of nitrogens with zero attached hydrogens (tertiary/aromatic N) is 1. The van der Waals surface area contributed by atoms with Crippen molar-refractivity contribution < 1.29 is 14.3 Å². The molecule has 0 aliphatic heterocycles. The summed E-state index contributed by atoms with van der Waals surface area (Å²) in [7, 11) is 3.20. The van der Waals surface area contributed by atoms with Gasteiger partial charge in [0.2, 0.25) is 0 Å². The van der Waals surface area contributed by atoms with Gasteiger partial charge in [-0.2, -0.15) is 0 Å². The minimum atomic E-state index is -0.783. The molecule has 0 spiro atoms. The lowest BCUT2D eigenvalue weighted by Crippen LogP contribution is -2.44. The van der Waals surface area contributed by atoms with Crippen molar-refractivity contribution in [2.24, 2.45) is 5.92 Å². The van der Waals surface area contributed by atoms with Crippen LogP contribution in [0.4, 0.5) is 5.69 Å². The van der Waals surface area contributed by atoms with E-state index in [4.69, 9.17) is 9.47 Å². The number of carbonyl (C=O) groups is 1. The molecule has 1 amide bonds. The Morgan fingerprint density at radius 3 is 2.73 bits per heavy atom. The molecule has 0 bridgehead atoms. The average Bonchev–Trinajstić information content (AvgIpc) is 3.39. The van der Waals surface area contributed by atoms with Crippen LogP contribution in [0.1, 0.15) is 19.8 Å². The van der Waals surface area contributed by atoms with Crippen LogP contribution >= 0.6 is 0 Å². The van der Waals surface area contributed by atoms with E-state index in [0.29, 0.717) is 11.7 Å². The number of aromatic nitrogens is 1. The number of nitrogens with one attached hydrogen (secondary N) is 1. The number of methoxy groups -OCH3 is 2. The normalized spacial score (nSPS) is 17.0. The van der Waals surface area contributed by atoms with Gasteiger partial charge in [0.25, 0.3) is 5.91 Å². The Hall–Kier alpha value is -2.14. The standard InChI is InChI=1S/C17H20N2O3/c1-17(22-3,11-6-7-11)16(20)19-13-8-9-14(21-2)15-12(13)5-4-10-18-15/h4-5,8-11H,6-7H2,1-3H3,(H,19,20)/t17-/m1/s1. The Bertz CT molecular complexity index is 712. The fourth-order valence-electron chi connectivity index (χ4n) is 2.75. The fraction of sp³-hybridized carbons (Fsp3) is 0.412. The Morgan fingerprint density at radius 2 is 2.09 bits per heavy atom. The van der Waals surface area contributed by atoms with Crippen LogP contribution in [0.25, 0.3) is 10.9 Å². The van der Waals surface area contributed by atoms with Crippen LogP contribution in [0, 0.1) is 5.92 Å². The molecule has 1 heterocycles. The summed E-state index contributed by atoms with van der Waals surface area (Å²) in [5.41, 5.74) is 0.667.